The van der Waals surface area contributed by atoms with Gasteiger partial charge in [-0.25, -0.2) is 4.98 Å². The highest BCUT2D eigenvalue weighted by Gasteiger charge is 2.21. The zero-order valence-electron chi connectivity index (χ0n) is 10.6. The predicted molar refractivity (Wildman–Crippen MR) is 74.0 cm³/mol. The molecule has 3 rings (SSSR count). The molecule has 0 radical (unpaired) electrons. The average molecular weight is 264 g/mol. The van der Waals surface area contributed by atoms with Crippen LogP contribution in [0.1, 0.15) is 44.2 Å². The number of hydrogen-bond donors (Lipinski definition) is 1. The van der Waals surface area contributed by atoms with Gasteiger partial charge in [0.1, 0.15) is 0 Å². The maximum atomic E-state index is 10.4. The summed E-state index contributed by atoms with van der Waals surface area (Å²) in [6.07, 6.45) is 12.2. The highest BCUT2D eigenvalue weighted by atomic mass is 32.1. The van der Waals surface area contributed by atoms with E-state index in [-0.39, 0.29) is 6.10 Å². The summed E-state index contributed by atoms with van der Waals surface area (Å²) in [7, 11) is 0. The fraction of sp³-hybridized carbons (Fsp3) is 0.643. The van der Waals surface area contributed by atoms with Crippen molar-refractivity contribution in [3.05, 3.63) is 23.5 Å². The van der Waals surface area contributed by atoms with Gasteiger partial charge in [-0.3, -0.25) is 4.40 Å². The molecule has 2 aromatic rings. The number of hydrogen-bond acceptors (Lipinski definition) is 3. The summed E-state index contributed by atoms with van der Waals surface area (Å²) in [5.41, 5.74) is 1.03. The zero-order chi connectivity index (χ0) is 12.4. The van der Waals surface area contributed by atoms with E-state index in [4.69, 9.17) is 0 Å². The summed E-state index contributed by atoms with van der Waals surface area (Å²) in [6.45, 7) is 0. The third-order valence-corrected chi connectivity index (χ3v) is 4.78. The van der Waals surface area contributed by atoms with E-state index in [1.165, 1.54) is 38.5 Å². The van der Waals surface area contributed by atoms with Crippen molar-refractivity contribution in [2.75, 3.05) is 0 Å². The van der Waals surface area contributed by atoms with Crippen molar-refractivity contribution in [1.82, 2.24) is 9.38 Å². The molecule has 1 saturated carbocycles. The van der Waals surface area contributed by atoms with Crippen LogP contribution in [0.3, 0.4) is 0 Å². The molecule has 1 unspecified atom stereocenters. The van der Waals surface area contributed by atoms with Crippen LogP contribution in [0.2, 0.25) is 0 Å². The standard InChI is InChI=1S/C14H20N2OS/c17-13(11-5-3-1-2-4-6-11)9-12-10-16-7-8-18-14(16)15-12/h7-8,10-11,13,17H,1-6,9H2. The van der Waals surface area contributed by atoms with Crippen LogP contribution in [-0.4, -0.2) is 20.6 Å². The molecule has 0 spiro atoms. The minimum atomic E-state index is -0.215. The third kappa shape index (κ3) is 2.59. The van der Waals surface area contributed by atoms with Crippen molar-refractivity contribution in [2.24, 2.45) is 5.92 Å². The molecule has 98 valence electrons. The van der Waals surface area contributed by atoms with Gasteiger partial charge in [-0.2, -0.15) is 0 Å². The molecule has 3 nitrogen and oxygen atoms in total. The van der Waals surface area contributed by atoms with Crippen LogP contribution >= 0.6 is 11.3 Å². The van der Waals surface area contributed by atoms with E-state index in [1.807, 2.05) is 22.2 Å². The van der Waals surface area contributed by atoms with Crippen molar-refractivity contribution in [1.29, 1.82) is 0 Å². The molecular weight excluding hydrogens is 244 g/mol. The summed E-state index contributed by atoms with van der Waals surface area (Å²) >= 11 is 1.64. The summed E-state index contributed by atoms with van der Waals surface area (Å²) in [5.74, 6) is 0.479. The Morgan fingerprint density at radius 2 is 2.11 bits per heavy atom. The van der Waals surface area contributed by atoms with E-state index in [0.29, 0.717) is 12.3 Å². The summed E-state index contributed by atoms with van der Waals surface area (Å²) in [6, 6.07) is 0. The number of imidazole rings is 1. The second-order valence-corrected chi connectivity index (χ2v) is 6.22. The van der Waals surface area contributed by atoms with E-state index < -0.39 is 0 Å². The van der Waals surface area contributed by atoms with Crippen molar-refractivity contribution < 1.29 is 5.11 Å². The maximum Gasteiger partial charge on any atom is 0.193 e. The minimum Gasteiger partial charge on any atom is -0.392 e. The highest BCUT2D eigenvalue weighted by Crippen LogP contribution is 2.27. The van der Waals surface area contributed by atoms with Crippen molar-refractivity contribution in [3.8, 4) is 0 Å². The van der Waals surface area contributed by atoms with Gasteiger partial charge in [-0.1, -0.05) is 25.7 Å². The summed E-state index contributed by atoms with van der Waals surface area (Å²) in [5, 5.41) is 12.4. The predicted octanol–water partition coefficient (Wildman–Crippen LogP) is 3.27. The largest absolute Gasteiger partial charge is 0.392 e. The number of nitrogens with zero attached hydrogens (tertiary/aromatic N) is 2. The number of rotatable bonds is 3. The molecule has 0 bridgehead atoms. The Kier molecular flexibility index (Phi) is 3.66. The van der Waals surface area contributed by atoms with Crippen molar-refractivity contribution in [3.63, 3.8) is 0 Å². The van der Waals surface area contributed by atoms with Crippen LogP contribution in [0.25, 0.3) is 4.96 Å². The average Bonchev–Trinajstić information content (AvgIpc) is 2.80. The first kappa shape index (κ1) is 12.2. The molecule has 18 heavy (non-hydrogen) atoms. The topological polar surface area (TPSA) is 37.5 Å². The normalized spacial score (nSPS) is 20.1. The van der Waals surface area contributed by atoms with Crippen LogP contribution in [0, 0.1) is 5.92 Å². The monoisotopic (exact) mass is 264 g/mol. The van der Waals surface area contributed by atoms with Gasteiger partial charge in [0.25, 0.3) is 0 Å². The maximum absolute atomic E-state index is 10.4. The fourth-order valence-electron chi connectivity index (χ4n) is 2.95. The number of aromatic nitrogens is 2. The molecule has 0 saturated heterocycles. The molecule has 1 atom stereocenters. The van der Waals surface area contributed by atoms with Crippen molar-refractivity contribution >= 4 is 16.3 Å². The lowest BCUT2D eigenvalue weighted by atomic mass is 9.91. The molecule has 1 N–H and O–H groups in total. The van der Waals surface area contributed by atoms with Crippen LogP contribution in [-0.2, 0) is 6.42 Å². The minimum absolute atomic E-state index is 0.215. The molecule has 0 aromatic carbocycles. The molecule has 1 fully saturated rings. The molecule has 2 heterocycles. The molecule has 0 amide bonds. The Bertz CT molecular complexity index is 468. The van der Waals surface area contributed by atoms with Gasteiger partial charge in [0.15, 0.2) is 4.96 Å². The molecule has 2 aromatic heterocycles. The molecule has 4 heteroatoms. The first-order chi connectivity index (χ1) is 8.83. The number of fused-ring (bicyclic) bond motifs is 1. The number of thiazole rings is 1. The van der Waals surface area contributed by atoms with Gasteiger partial charge in [0.2, 0.25) is 0 Å². The molecule has 1 aliphatic carbocycles. The van der Waals surface area contributed by atoms with E-state index in [2.05, 4.69) is 4.98 Å². The summed E-state index contributed by atoms with van der Waals surface area (Å²) < 4.78 is 2.04. The first-order valence-corrected chi connectivity index (χ1v) is 7.80. The van der Waals surface area contributed by atoms with E-state index in [9.17, 15) is 5.11 Å². The number of aliphatic hydroxyl groups is 1. The molecule has 0 aliphatic heterocycles. The Labute approximate surface area is 111 Å². The van der Waals surface area contributed by atoms with Crippen LogP contribution in [0.5, 0.6) is 0 Å². The second-order valence-electron chi connectivity index (χ2n) is 5.35. The van der Waals surface area contributed by atoms with E-state index in [1.54, 1.807) is 11.3 Å². The Hall–Kier alpha value is -0.870. The Morgan fingerprint density at radius 3 is 2.83 bits per heavy atom. The van der Waals surface area contributed by atoms with Gasteiger partial charge in [-0.05, 0) is 18.8 Å². The second kappa shape index (κ2) is 5.41. The number of aliphatic hydroxyl groups excluding tert-OH is 1. The lowest BCUT2D eigenvalue weighted by Gasteiger charge is -2.20. The smallest absolute Gasteiger partial charge is 0.193 e. The van der Waals surface area contributed by atoms with Gasteiger partial charge in [-0.15, -0.1) is 11.3 Å². The first-order valence-electron chi connectivity index (χ1n) is 6.92. The van der Waals surface area contributed by atoms with Crippen LogP contribution < -0.4 is 0 Å². The summed E-state index contributed by atoms with van der Waals surface area (Å²) in [4.78, 5) is 5.58. The SMILES string of the molecule is OC(Cc1cn2ccsc2n1)C1CCCCCC1. The van der Waals surface area contributed by atoms with Crippen LogP contribution in [0.15, 0.2) is 17.8 Å². The highest BCUT2D eigenvalue weighted by molar-refractivity contribution is 7.15. The Balaban J connectivity index is 1.65. The van der Waals surface area contributed by atoms with Gasteiger partial charge < -0.3 is 5.11 Å². The fourth-order valence-corrected chi connectivity index (χ4v) is 3.67. The lowest BCUT2D eigenvalue weighted by molar-refractivity contribution is 0.0978. The quantitative estimate of drug-likeness (QED) is 0.864. The lowest BCUT2D eigenvalue weighted by Crippen LogP contribution is -2.22. The zero-order valence-corrected chi connectivity index (χ0v) is 11.4. The molecule has 1 aliphatic rings. The van der Waals surface area contributed by atoms with E-state index in [0.717, 1.165) is 10.7 Å². The molecular formula is C14H20N2OS. The Morgan fingerprint density at radius 1 is 1.33 bits per heavy atom. The van der Waals surface area contributed by atoms with E-state index >= 15 is 0 Å². The third-order valence-electron chi connectivity index (χ3n) is 4.01. The van der Waals surface area contributed by atoms with Gasteiger partial charge >= 0.3 is 0 Å². The van der Waals surface area contributed by atoms with Gasteiger partial charge in [0, 0.05) is 24.2 Å². The van der Waals surface area contributed by atoms with Crippen LogP contribution in [0.4, 0.5) is 0 Å². The van der Waals surface area contributed by atoms with Crippen molar-refractivity contribution in [2.45, 2.75) is 51.0 Å². The van der Waals surface area contributed by atoms with Gasteiger partial charge in [0.05, 0.1) is 11.8 Å².